The molecule has 7 heteroatoms. The van der Waals surface area contributed by atoms with Crippen LogP contribution in [0.1, 0.15) is 37.2 Å². The van der Waals surface area contributed by atoms with Gasteiger partial charge in [-0.2, -0.15) is 5.10 Å². The molecule has 0 bridgehead atoms. The van der Waals surface area contributed by atoms with E-state index in [-0.39, 0.29) is 11.6 Å². The number of carbonyl (C=O) groups excluding carboxylic acids is 1. The summed E-state index contributed by atoms with van der Waals surface area (Å²) in [6.07, 6.45) is 2.87. The van der Waals surface area contributed by atoms with Crippen molar-refractivity contribution in [1.82, 2.24) is 9.78 Å². The Morgan fingerprint density at radius 3 is 2.75 bits per heavy atom. The highest BCUT2D eigenvalue weighted by Gasteiger charge is 2.16. The minimum absolute atomic E-state index is 0.0626. The zero-order valence-corrected chi connectivity index (χ0v) is 13.7. The largest absolute Gasteiger partial charge is 0.476 e. The summed E-state index contributed by atoms with van der Waals surface area (Å²) in [7, 11) is 0. The first-order valence-electron chi connectivity index (χ1n) is 7.83. The van der Waals surface area contributed by atoms with E-state index in [4.69, 9.17) is 9.84 Å². The fraction of sp³-hybridized carbons (Fsp3) is 0.353. The van der Waals surface area contributed by atoms with Crippen LogP contribution in [0, 0.1) is 0 Å². The quantitative estimate of drug-likeness (QED) is 0.725. The Labute approximate surface area is 140 Å². The van der Waals surface area contributed by atoms with Crippen molar-refractivity contribution in [3.63, 3.8) is 0 Å². The number of amides is 1. The van der Waals surface area contributed by atoms with E-state index in [0.717, 1.165) is 12.8 Å². The standard InChI is InChI=1S/C17H21N3O4/c1-3-4-11-24-12(2)16(21)18-13-7-5-6-8-15(13)20-10-9-14(19-20)17(22)23/h5-10,12H,3-4,11H2,1-2H3,(H,18,21)(H,22,23). The Balaban J connectivity index is 2.13. The molecule has 0 fully saturated rings. The average molecular weight is 331 g/mol. The van der Waals surface area contributed by atoms with Gasteiger partial charge in [0.15, 0.2) is 5.69 Å². The van der Waals surface area contributed by atoms with Crippen LogP contribution in [0.15, 0.2) is 36.5 Å². The second-order valence-electron chi connectivity index (χ2n) is 5.32. The van der Waals surface area contributed by atoms with Gasteiger partial charge in [0.2, 0.25) is 0 Å². The van der Waals surface area contributed by atoms with Gasteiger partial charge in [-0.15, -0.1) is 0 Å². The van der Waals surface area contributed by atoms with Gasteiger partial charge in [0.1, 0.15) is 6.10 Å². The third-order valence-electron chi connectivity index (χ3n) is 3.45. The topological polar surface area (TPSA) is 93.5 Å². The number of carboxylic acid groups (broad SMARTS) is 1. The van der Waals surface area contributed by atoms with Gasteiger partial charge in [-0.3, -0.25) is 4.79 Å². The van der Waals surface area contributed by atoms with Crippen molar-refractivity contribution < 1.29 is 19.4 Å². The van der Waals surface area contributed by atoms with E-state index < -0.39 is 12.1 Å². The predicted molar refractivity (Wildman–Crippen MR) is 89.5 cm³/mol. The fourth-order valence-corrected chi connectivity index (χ4v) is 2.07. The Hall–Kier alpha value is -2.67. The molecule has 0 spiro atoms. The van der Waals surface area contributed by atoms with Crippen LogP contribution in [0.4, 0.5) is 5.69 Å². The van der Waals surface area contributed by atoms with E-state index in [0.29, 0.717) is 18.0 Å². The molecule has 2 rings (SSSR count). The molecule has 1 heterocycles. The number of nitrogens with one attached hydrogen (secondary N) is 1. The molecular formula is C17H21N3O4. The molecule has 24 heavy (non-hydrogen) atoms. The van der Waals surface area contributed by atoms with Crippen molar-refractivity contribution in [2.75, 3.05) is 11.9 Å². The molecule has 0 saturated heterocycles. The molecule has 0 saturated carbocycles. The maximum Gasteiger partial charge on any atom is 0.356 e. The summed E-state index contributed by atoms with van der Waals surface area (Å²) < 4.78 is 6.90. The lowest BCUT2D eigenvalue weighted by Gasteiger charge is -2.15. The first-order valence-corrected chi connectivity index (χ1v) is 7.83. The van der Waals surface area contributed by atoms with Gasteiger partial charge >= 0.3 is 5.97 Å². The summed E-state index contributed by atoms with van der Waals surface area (Å²) in [4.78, 5) is 23.2. The van der Waals surface area contributed by atoms with Crippen molar-refractivity contribution >= 4 is 17.6 Å². The third-order valence-corrected chi connectivity index (χ3v) is 3.45. The highest BCUT2D eigenvalue weighted by Crippen LogP contribution is 2.20. The number of hydrogen-bond donors (Lipinski definition) is 2. The van der Waals surface area contributed by atoms with Gasteiger partial charge in [-0.25, -0.2) is 9.48 Å². The number of unbranched alkanes of at least 4 members (excludes halogenated alkanes) is 1. The number of para-hydroxylation sites is 2. The van der Waals surface area contributed by atoms with Crippen LogP contribution in [0.25, 0.3) is 5.69 Å². The summed E-state index contributed by atoms with van der Waals surface area (Å²) in [5, 5.41) is 15.8. The number of benzene rings is 1. The maximum atomic E-state index is 12.2. The molecule has 128 valence electrons. The first-order chi connectivity index (χ1) is 11.5. The van der Waals surface area contributed by atoms with Crippen LogP contribution in [0.3, 0.4) is 0 Å². The van der Waals surface area contributed by atoms with Gasteiger partial charge in [-0.1, -0.05) is 25.5 Å². The van der Waals surface area contributed by atoms with Gasteiger partial charge in [-0.05, 0) is 31.5 Å². The molecule has 1 amide bonds. The van der Waals surface area contributed by atoms with Crippen LogP contribution in [0.2, 0.25) is 0 Å². The van der Waals surface area contributed by atoms with Gasteiger partial charge in [0.05, 0.1) is 11.4 Å². The summed E-state index contributed by atoms with van der Waals surface area (Å²) >= 11 is 0. The summed E-state index contributed by atoms with van der Waals surface area (Å²) in [5.41, 5.74) is 1.06. The molecule has 2 N–H and O–H groups in total. The summed E-state index contributed by atoms with van der Waals surface area (Å²) in [6, 6.07) is 8.44. The van der Waals surface area contributed by atoms with Gasteiger partial charge < -0.3 is 15.2 Å². The lowest BCUT2D eigenvalue weighted by Crippen LogP contribution is -2.28. The Bertz CT molecular complexity index is 711. The van der Waals surface area contributed by atoms with E-state index in [1.165, 1.54) is 16.9 Å². The lowest BCUT2D eigenvalue weighted by atomic mass is 10.2. The SMILES string of the molecule is CCCCOC(C)C(=O)Nc1ccccc1-n1ccc(C(=O)O)n1. The molecule has 0 aliphatic rings. The number of hydrogen-bond acceptors (Lipinski definition) is 4. The van der Waals surface area contributed by atoms with Crippen molar-refractivity contribution in [3.05, 3.63) is 42.2 Å². The van der Waals surface area contributed by atoms with Crippen LogP contribution in [-0.2, 0) is 9.53 Å². The lowest BCUT2D eigenvalue weighted by molar-refractivity contribution is -0.126. The van der Waals surface area contributed by atoms with E-state index in [1.807, 2.05) is 0 Å². The molecule has 2 aromatic rings. The second kappa shape index (κ2) is 8.26. The normalized spacial score (nSPS) is 11.9. The Morgan fingerprint density at radius 1 is 1.33 bits per heavy atom. The number of carbonyl (C=O) groups is 2. The fourth-order valence-electron chi connectivity index (χ4n) is 2.07. The monoisotopic (exact) mass is 331 g/mol. The zero-order valence-electron chi connectivity index (χ0n) is 13.7. The van der Waals surface area contributed by atoms with E-state index >= 15 is 0 Å². The molecular weight excluding hydrogens is 310 g/mol. The smallest absolute Gasteiger partial charge is 0.356 e. The predicted octanol–water partition coefficient (Wildman–Crippen LogP) is 2.71. The van der Waals surface area contributed by atoms with Crippen molar-refractivity contribution in [2.45, 2.75) is 32.8 Å². The van der Waals surface area contributed by atoms with Crippen LogP contribution in [0.5, 0.6) is 0 Å². The van der Waals surface area contributed by atoms with Gasteiger partial charge in [0, 0.05) is 12.8 Å². The van der Waals surface area contributed by atoms with Crippen LogP contribution >= 0.6 is 0 Å². The minimum Gasteiger partial charge on any atom is -0.476 e. The highest BCUT2D eigenvalue weighted by molar-refractivity contribution is 5.95. The molecule has 1 unspecified atom stereocenters. The number of anilines is 1. The Morgan fingerprint density at radius 2 is 2.08 bits per heavy atom. The molecule has 1 atom stereocenters. The molecule has 7 nitrogen and oxygen atoms in total. The highest BCUT2D eigenvalue weighted by atomic mass is 16.5. The van der Waals surface area contributed by atoms with Gasteiger partial charge in [0.25, 0.3) is 5.91 Å². The molecule has 0 aliphatic heterocycles. The van der Waals surface area contributed by atoms with Crippen LogP contribution < -0.4 is 5.32 Å². The summed E-state index contributed by atoms with van der Waals surface area (Å²) in [5.74, 6) is -1.36. The number of rotatable bonds is 8. The van der Waals surface area contributed by atoms with E-state index in [2.05, 4.69) is 17.3 Å². The van der Waals surface area contributed by atoms with E-state index in [1.54, 1.807) is 31.2 Å². The number of nitrogens with zero attached hydrogens (tertiary/aromatic N) is 2. The molecule has 0 aliphatic carbocycles. The molecule has 0 radical (unpaired) electrons. The third kappa shape index (κ3) is 4.42. The van der Waals surface area contributed by atoms with Crippen molar-refractivity contribution in [2.24, 2.45) is 0 Å². The zero-order chi connectivity index (χ0) is 17.5. The second-order valence-corrected chi connectivity index (χ2v) is 5.32. The van der Waals surface area contributed by atoms with Crippen LogP contribution in [-0.4, -0.2) is 39.5 Å². The van der Waals surface area contributed by atoms with Crippen molar-refractivity contribution in [1.29, 1.82) is 0 Å². The molecule has 1 aromatic heterocycles. The number of aromatic carboxylic acids is 1. The summed E-state index contributed by atoms with van der Waals surface area (Å²) in [6.45, 7) is 4.29. The Kier molecular flexibility index (Phi) is 6.08. The number of aromatic nitrogens is 2. The average Bonchev–Trinajstić information content (AvgIpc) is 3.05. The molecule has 1 aromatic carbocycles. The first kappa shape index (κ1) is 17.7. The maximum absolute atomic E-state index is 12.2. The van der Waals surface area contributed by atoms with E-state index in [9.17, 15) is 9.59 Å². The minimum atomic E-state index is -1.10. The number of ether oxygens (including phenoxy) is 1. The number of carboxylic acids is 1. The van der Waals surface area contributed by atoms with Crippen molar-refractivity contribution in [3.8, 4) is 5.69 Å².